The van der Waals surface area contributed by atoms with E-state index >= 15 is 0 Å². The van der Waals surface area contributed by atoms with E-state index in [1.165, 1.54) is 12.8 Å². The summed E-state index contributed by atoms with van der Waals surface area (Å²) in [5, 5.41) is 6.59. The highest BCUT2D eigenvalue weighted by atomic mass is 127. The molecule has 5 heteroatoms. The van der Waals surface area contributed by atoms with Gasteiger partial charge in [0, 0.05) is 13.6 Å². The molecule has 1 aromatic carbocycles. The third-order valence-corrected chi connectivity index (χ3v) is 3.53. The second-order valence-electron chi connectivity index (χ2n) is 5.27. The van der Waals surface area contributed by atoms with Gasteiger partial charge in [-0.25, -0.2) is 4.39 Å². The predicted molar refractivity (Wildman–Crippen MR) is 92.2 cm³/mol. The Morgan fingerprint density at radius 1 is 1.45 bits per heavy atom. The van der Waals surface area contributed by atoms with Gasteiger partial charge in [0.1, 0.15) is 5.82 Å². The van der Waals surface area contributed by atoms with Gasteiger partial charge in [0.05, 0.1) is 6.04 Å². The molecule has 1 saturated carbocycles. The van der Waals surface area contributed by atoms with Gasteiger partial charge in [-0.2, -0.15) is 0 Å². The number of hydrogen-bond donors (Lipinski definition) is 2. The fraction of sp³-hybridized carbons (Fsp3) is 0.533. The fourth-order valence-corrected chi connectivity index (χ4v) is 1.92. The molecule has 2 rings (SSSR count). The number of rotatable bonds is 4. The van der Waals surface area contributed by atoms with Crippen molar-refractivity contribution in [1.82, 2.24) is 10.6 Å². The van der Waals surface area contributed by atoms with Crippen LogP contribution in [-0.2, 0) is 0 Å². The molecule has 1 fully saturated rings. The van der Waals surface area contributed by atoms with Crippen LogP contribution in [0.3, 0.4) is 0 Å². The highest BCUT2D eigenvalue weighted by Crippen LogP contribution is 2.27. The topological polar surface area (TPSA) is 36.4 Å². The van der Waals surface area contributed by atoms with Crippen molar-refractivity contribution in [2.45, 2.75) is 32.7 Å². The lowest BCUT2D eigenvalue weighted by Gasteiger charge is -2.18. The van der Waals surface area contributed by atoms with E-state index in [9.17, 15) is 4.39 Å². The smallest absolute Gasteiger partial charge is 0.191 e. The Kier molecular flexibility index (Phi) is 6.71. The van der Waals surface area contributed by atoms with Crippen LogP contribution in [0.1, 0.15) is 36.9 Å². The second-order valence-corrected chi connectivity index (χ2v) is 5.27. The van der Waals surface area contributed by atoms with E-state index in [1.54, 1.807) is 20.0 Å². The van der Waals surface area contributed by atoms with Gasteiger partial charge in [-0.1, -0.05) is 12.1 Å². The molecule has 3 nitrogen and oxygen atoms in total. The number of benzene rings is 1. The third-order valence-electron chi connectivity index (χ3n) is 3.53. The molecule has 0 saturated heterocycles. The Hall–Kier alpha value is -0.850. The molecule has 1 unspecified atom stereocenters. The molecule has 0 amide bonds. The van der Waals surface area contributed by atoms with Crippen LogP contribution in [0.4, 0.5) is 4.39 Å². The van der Waals surface area contributed by atoms with Gasteiger partial charge in [0.15, 0.2) is 5.96 Å². The number of halogens is 2. The molecule has 0 bridgehead atoms. The molecule has 1 atom stereocenters. The largest absolute Gasteiger partial charge is 0.356 e. The normalized spacial score (nSPS) is 16.3. The molecular weight excluding hydrogens is 368 g/mol. The molecule has 0 aromatic heterocycles. The van der Waals surface area contributed by atoms with Crippen molar-refractivity contribution in [1.29, 1.82) is 0 Å². The van der Waals surface area contributed by atoms with Crippen LogP contribution in [0, 0.1) is 18.7 Å². The minimum Gasteiger partial charge on any atom is -0.356 e. The molecule has 0 heterocycles. The van der Waals surface area contributed by atoms with Crippen molar-refractivity contribution in [3.8, 4) is 0 Å². The minimum atomic E-state index is -0.160. The van der Waals surface area contributed by atoms with Crippen LogP contribution >= 0.6 is 24.0 Å². The van der Waals surface area contributed by atoms with E-state index in [1.807, 2.05) is 19.1 Å². The van der Waals surface area contributed by atoms with Crippen LogP contribution in [0.25, 0.3) is 0 Å². The molecule has 20 heavy (non-hydrogen) atoms. The lowest BCUT2D eigenvalue weighted by atomic mass is 10.1. The molecule has 0 spiro atoms. The molecular formula is C15H23FIN3. The van der Waals surface area contributed by atoms with Crippen LogP contribution in [0.5, 0.6) is 0 Å². The zero-order chi connectivity index (χ0) is 13.8. The highest BCUT2D eigenvalue weighted by molar-refractivity contribution is 14.0. The van der Waals surface area contributed by atoms with Crippen molar-refractivity contribution in [2.75, 3.05) is 13.6 Å². The van der Waals surface area contributed by atoms with Crippen LogP contribution in [0.2, 0.25) is 0 Å². The molecule has 2 N–H and O–H groups in total. The molecule has 0 aliphatic heterocycles. The highest BCUT2D eigenvalue weighted by Gasteiger charge is 2.21. The standard InChI is InChI=1S/C15H22FN3.HI/c1-10-4-7-13(8-14(10)16)11(2)19-15(17-3)18-9-12-5-6-12;/h4,7-8,11-12H,5-6,9H2,1-3H3,(H2,17,18,19);1H. The van der Waals surface area contributed by atoms with Gasteiger partial charge in [-0.3, -0.25) is 4.99 Å². The lowest BCUT2D eigenvalue weighted by molar-refractivity contribution is 0.607. The summed E-state index contributed by atoms with van der Waals surface area (Å²) in [6, 6.07) is 5.37. The maximum Gasteiger partial charge on any atom is 0.191 e. The van der Waals surface area contributed by atoms with Crippen molar-refractivity contribution in [3.63, 3.8) is 0 Å². The summed E-state index contributed by atoms with van der Waals surface area (Å²) < 4.78 is 13.5. The van der Waals surface area contributed by atoms with Gasteiger partial charge in [-0.05, 0) is 49.8 Å². The number of nitrogens with one attached hydrogen (secondary N) is 2. The van der Waals surface area contributed by atoms with Crippen molar-refractivity contribution in [3.05, 3.63) is 35.1 Å². The summed E-state index contributed by atoms with van der Waals surface area (Å²) in [5.74, 6) is 1.41. The maximum absolute atomic E-state index is 13.5. The molecule has 1 aliphatic rings. The number of hydrogen-bond acceptors (Lipinski definition) is 1. The van der Waals surface area contributed by atoms with Crippen LogP contribution < -0.4 is 10.6 Å². The fourth-order valence-electron chi connectivity index (χ4n) is 1.92. The van der Waals surface area contributed by atoms with Crippen LogP contribution in [0.15, 0.2) is 23.2 Å². The summed E-state index contributed by atoms with van der Waals surface area (Å²) in [6.07, 6.45) is 2.62. The van der Waals surface area contributed by atoms with Gasteiger partial charge in [-0.15, -0.1) is 24.0 Å². The van der Waals surface area contributed by atoms with Gasteiger partial charge in [0.2, 0.25) is 0 Å². The summed E-state index contributed by atoms with van der Waals surface area (Å²) in [7, 11) is 1.75. The average Bonchev–Trinajstić information content (AvgIpc) is 3.21. The summed E-state index contributed by atoms with van der Waals surface area (Å²) in [4.78, 5) is 4.19. The Labute approximate surface area is 137 Å². The molecule has 112 valence electrons. The third kappa shape index (κ3) is 4.92. The second kappa shape index (κ2) is 7.81. The number of aryl methyl sites for hydroxylation is 1. The predicted octanol–water partition coefficient (Wildman–Crippen LogP) is 3.39. The monoisotopic (exact) mass is 391 g/mol. The lowest BCUT2D eigenvalue weighted by Crippen LogP contribution is -2.39. The zero-order valence-corrected chi connectivity index (χ0v) is 14.6. The first kappa shape index (κ1) is 17.2. The SMILES string of the molecule is CN=C(NCC1CC1)NC(C)c1ccc(C)c(F)c1.I. The Balaban J connectivity index is 0.00000200. The summed E-state index contributed by atoms with van der Waals surface area (Å²) in [6.45, 7) is 4.75. The van der Waals surface area contributed by atoms with E-state index in [-0.39, 0.29) is 35.8 Å². The average molecular weight is 391 g/mol. The Bertz CT molecular complexity index is 472. The first-order valence-corrected chi connectivity index (χ1v) is 6.83. The number of nitrogens with zero attached hydrogens (tertiary/aromatic N) is 1. The molecule has 0 radical (unpaired) electrons. The van der Waals surface area contributed by atoms with E-state index in [2.05, 4.69) is 15.6 Å². The van der Waals surface area contributed by atoms with E-state index in [0.717, 1.165) is 24.0 Å². The summed E-state index contributed by atoms with van der Waals surface area (Å²) >= 11 is 0. The first-order chi connectivity index (χ1) is 9.10. The zero-order valence-electron chi connectivity index (χ0n) is 12.2. The van der Waals surface area contributed by atoms with Crippen molar-refractivity contribution >= 4 is 29.9 Å². The molecule has 1 aromatic rings. The number of guanidine groups is 1. The quantitative estimate of drug-likeness (QED) is 0.469. The van der Waals surface area contributed by atoms with E-state index in [0.29, 0.717) is 5.56 Å². The van der Waals surface area contributed by atoms with Gasteiger partial charge < -0.3 is 10.6 Å². The van der Waals surface area contributed by atoms with E-state index < -0.39 is 0 Å². The molecule has 1 aliphatic carbocycles. The van der Waals surface area contributed by atoms with Gasteiger partial charge >= 0.3 is 0 Å². The van der Waals surface area contributed by atoms with Gasteiger partial charge in [0.25, 0.3) is 0 Å². The maximum atomic E-state index is 13.5. The van der Waals surface area contributed by atoms with E-state index in [4.69, 9.17) is 0 Å². The first-order valence-electron chi connectivity index (χ1n) is 6.83. The van der Waals surface area contributed by atoms with Crippen LogP contribution in [-0.4, -0.2) is 19.6 Å². The minimum absolute atomic E-state index is 0. The van der Waals surface area contributed by atoms with Crippen molar-refractivity contribution < 1.29 is 4.39 Å². The van der Waals surface area contributed by atoms with Crippen molar-refractivity contribution in [2.24, 2.45) is 10.9 Å². The summed E-state index contributed by atoms with van der Waals surface area (Å²) in [5.41, 5.74) is 1.60. The Morgan fingerprint density at radius 2 is 2.15 bits per heavy atom. The Morgan fingerprint density at radius 3 is 2.70 bits per heavy atom. The number of aliphatic imine (C=N–C) groups is 1.